The third-order valence-corrected chi connectivity index (χ3v) is 4.13. The van der Waals surface area contributed by atoms with Crippen molar-refractivity contribution in [1.82, 2.24) is 5.32 Å². The summed E-state index contributed by atoms with van der Waals surface area (Å²) in [6.07, 6.45) is 1.07. The first-order valence-corrected chi connectivity index (χ1v) is 8.86. The number of hydrogen-bond donors (Lipinski definition) is 2. The molecule has 0 aliphatic carbocycles. The molecule has 0 heterocycles. The van der Waals surface area contributed by atoms with Crippen LogP contribution in [-0.2, 0) is 11.2 Å². The summed E-state index contributed by atoms with van der Waals surface area (Å²) in [4.78, 5) is 23.4. The second kappa shape index (κ2) is 10.2. The average molecular weight is 370 g/mol. The van der Waals surface area contributed by atoms with Crippen LogP contribution in [0.2, 0.25) is 0 Å². The minimum atomic E-state index is -0.0225. The predicted octanol–water partition coefficient (Wildman–Crippen LogP) is 3.07. The molecule has 0 saturated heterocycles. The SMILES string of the molecule is COc1ccc(CCNC(=O)CCNc2cccc(C(C)=O)c2)cc1OC. The third kappa shape index (κ3) is 6.33. The Morgan fingerprint density at radius 2 is 1.74 bits per heavy atom. The molecular formula is C21H26N2O4. The van der Waals surface area contributed by atoms with Gasteiger partial charge in [-0.15, -0.1) is 0 Å². The minimum Gasteiger partial charge on any atom is -0.493 e. The van der Waals surface area contributed by atoms with E-state index in [1.54, 1.807) is 26.4 Å². The van der Waals surface area contributed by atoms with Gasteiger partial charge in [-0.3, -0.25) is 9.59 Å². The Labute approximate surface area is 159 Å². The largest absolute Gasteiger partial charge is 0.493 e. The van der Waals surface area contributed by atoms with Gasteiger partial charge in [0.2, 0.25) is 5.91 Å². The maximum atomic E-state index is 12.0. The second-order valence-corrected chi connectivity index (χ2v) is 6.10. The molecule has 0 aromatic heterocycles. The smallest absolute Gasteiger partial charge is 0.221 e. The first-order valence-electron chi connectivity index (χ1n) is 8.86. The van der Waals surface area contributed by atoms with Crippen molar-refractivity contribution in [3.63, 3.8) is 0 Å². The molecule has 2 N–H and O–H groups in total. The third-order valence-electron chi connectivity index (χ3n) is 4.13. The summed E-state index contributed by atoms with van der Waals surface area (Å²) in [6, 6.07) is 13.0. The predicted molar refractivity (Wildman–Crippen MR) is 106 cm³/mol. The molecule has 0 aliphatic rings. The molecule has 0 spiro atoms. The summed E-state index contributed by atoms with van der Waals surface area (Å²) in [5.74, 6) is 1.36. The quantitative estimate of drug-likeness (QED) is 0.629. The summed E-state index contributed by atoms with van der Waals surface area (Å²) < 4.78 is 10.5. The maximum absolute atomic E-state index is 12.0. The van der Waals surface area contributed by atoms with Crippen LogP contribution in [0.1, 0.15) is 29.3 Å². The number of ketones is 1. The van der Waals surface area contributed by atoms with Gasteiger partial charge in [0.25, 0.3) is 0 Å². The van der Waals surface area contributed by atoms with Crippen molar-refractivity contribution >= 4 is 17.4 Å². The molecule has 2 rings (SSSR count). The van der Waals surface area contributed by atoms with E-state index in [1.807, 2.05) is 30.3 Å². The van der Waals surface area contributed by atoms with E-state index >= 15 is 0 Å². The van der Waals surface area contributed by atoms with Crippen LogP contribution in [0.15, 0.2) is 42.5 Å². The summed E-state index contributed by atoms with van der Waals surface area (Å²) in [5, 5.41) is 6.07. The van der Waals surface area contributed by atoms with Crippen LogP contribution in [0.3, 0.4) is 0 Å². The number of benzene rings is 2. The lowest BCUT2D eigenvalue weighted by molar-refractivity contribution is -0.120. The number of carbonyl (C=O) groups is 2. The van der Waals surface area contributed by atoms with Crippen LogP contribution >= 0.6 is 0 Å². The zero-order chi connectivity index (χ0) is 19.6. The molecule has 0 radical (unpaired) electrons. The van der Waals surface area contributed by atoms with Crippen molar-refractivity contribution < 1.29 is 19.1 Å². The lowest BCUT2D eigenvalue weighted by atomic mass is 10.1. The summed E-state index contributed by atoms with van der Waals surface area (Å²) in [7, 11) is 3.20. The Bertz CT molecular complexity index is 790. The molecule has 0 bridgehead atoms. The van der Waals surface area contributed by atoms with Gasteiger partial charge in [-0.25, -0.2) is 0 Å². The van der Waals surface area contributed by atoms with Gasteiger partial charge in [0.05, 0.1) is 14.2 Å². The van der Waals surface area contributed by atoms with Crippen LogP contribution in [0.4, 0.5) is 5.69 Å². The number of rotatable bonds is 10. The number of ether oxygens (including phenoxy) is 2. The Morgan fingerprint density at radius 3 is 2.44 bits per heavy atom. The number of amides is 1. The second-order valence-electron chi connectivity index (χ2n) is 6.10. The molecule has 0 fully saturated rings. The first-order chi connectivity index (χ1) is 13.0. The zero-order valence-electron chi connectivity index (χ0n) is 16.0. The van der Waals surface area contributed by atoms with Crippen LogP contribution in [-0.4, -0.2) is 39.0 Å². The first kappa shape index (κ1) is 20.3. The fraction of sp³-hybridized carbons (Fsp3) is 0.333. The van der Waals surface area contributed by atoms with Gasteiger partial charge in [-0.1, -0.05) is 18.2 Å². The van der Waals surface area contributed by atoms with E-state index in [-0.39, 0.29) is 11.7 Å². The Hall–Kier alpha value is -3.02. The molecule has 6 nitrogen and oxygen atoms in total. The lowest BCUT2D eigenvalue weighted by Crippen LogP contribution is -2.27. The monoisotopic (exact) mass is 370 g/mol. The van der Waals surface area contributed by atoms with Crippen LogP contribution < -0.4 is 20.1 Å². The Morgan fingerprint density at radius 1 is 0.963 bits per heavy atom. The van der Waals surface area contributed by atoms with Crippen molar-refractivity contribution in [2.75, 3.05) is 32.6 Å². The molecule has 0 atom stereocenters. The van der Waals surface area contributed by atoms with Crippen molar-refractivity contribution in [3.8, 4) is 11.5 Å². The molecule has 0 aliphatic heterocycles. The number of hydrogen-bond acceptors (Lipinski definition) is 5. The molecule has 1 amide bonds. The maximum Gasteiger partial charge on any atom is 0.221 e. The van der Waals surface area contributed by atoms with Crippen LogP contribution in [0, 0.1) is 0 Å². The Balaban J connectivity index is 1.72. The van der Waals surface area contributed by atoms with Gasteiger partial charge in [0.15, 0.2) is 17.3 Å². The summed E-state index contributed by atoms with van der Waals surface area (Å²) in [5.41, 5.74) is 2.55. The van der Waals surface area contributed by atoms with Gasteiger partial charge < -0.3 is 20.1 Å². The molecular weight excluding hydrogens is 344 g/mol. The van der Waals surface area contributed by atoms with E-state index in [9.17, 15) is 9.59 Å². The lowest BCUT2D eigenvalue weighted by Gasteiger charge is -2.10. The standard InChI is InChI=1S/C21H26N2O4/c1-15(24)17-5-4-6-18(14-17)22-12-10-21(25)23-11-9-16-7-8-19(26-2)20(13-16)27-3/h4-8,13-14,22H,9-12H2,1-3H3,(H,23,25). The van der Waals surface area contributed by atoms with Gasteiger partial charge >= 0.3 is 0 Å². The molecule has 2 aromatic rings. The van der Waals surface area contributed by atoms with Gasteiger partial charge in [0.1, 0.15) is 0 Å². The molecule has 27 heavy (non-hydrogen) atoms. The Kier molecular flexibility index (Phi) is 7.67. The molecule has 0 unspecified atom stereocenters. The van der Waals surface area contributed by atoms with Crippen molar-refractivity contribution in [1.29, 1.82) is 0 Å². The fourth-order valence-electron chi connectivity index (χ4n) is 2.64. The highest BCUT2D eigenvalue weighted by Gasteiger charge is 2.06. The van der Waals surface area contributed by atoms with E-state index < -0.39 is 0 Å². The van der Waals surface area contributed by atoms with Crippen molar-refractivity contribution in [3.05, 3.63) is 53.6 Å². The van der Waals surface area contributed by atoms with E-state index in [0.29, 0.717) is 43.0 Å². The van der Waals surface area contributed by atoms with E-state index in [0.717, 1.165) is 11.3 Å². The molecule has 2 aromatic carbocycles. The van der Waals surface area contributed by atoms with Gasteiger partial charge in [-0.2, -0.15) is 0 Å². The number of carbonyl (C=O) groups excluding carboxylic acids is 2. The zero-order valence-corrected chi connectivity index (χ0v) is 16.0. The normalized spacial score (nSPS) is 10.2. The number of nitrogens with one attached hydrogen (secondary N) is 2. The fourth-order valence-corrected chi connectivity index (χ4v) is 2.64. The number of anilines is 1. The van der Waals surface area contributed by atoms with E-state index in [2.05, 4.69) is 10.6 Å². The van der Waals surface area contributed by atoms with Crippen LogP contribution in [0.25, 0.3) is 0 Å². The highest BCUT2D eigenvalue weighted by atomic mass is 16.5. The molecule has 144 valence electrons. The average Bonchev–Trinajstić information content (AvgIpc) is 2.68. The van der Waals surface area contributed by atoms with E-state index in [1.165, 1.54) is 6.92 Å². The number of methoxy groups -OCH3 is 2. The molecule has 0 saturated carbocycles. The molecule has 6 heteroatoms. The topological polar surface area (TPSA) is 76.7 Å². The van der Waals surface area contributed by atoms with Crippen molar-refractivity contribution in [2.24, 2.45) is 0 Å². The van der Waals surface area contributed by atoms with Crippen molar-refractivity contribution in [2.45, 2.75) is 19.8 Å². The highest BCUT2D eigenvalue weighted by molar-refractivity contribution is 5.94. The minimum absolute atomic E-state index is 0.0200. The van der Waals surface area contributed by atoms with Gasteiger partial charge in [0, 0.05) is 30.8 Å². The van der Waals surface area contributed by atoms with E-state index in [4.69, 9.17) is 9.47 Å². The van der Waals surface area contributed by atoms with Gasteiger partial charge in [-0.05, 0) is 43.2 Å². The summed E-state index contributed by atoms with van der Waals surface area (Å²) >= 11 is 0. The summed E-state index contributed by atoms with van der Waals surface area (Å²) in [6.45, 7) is 2.59. The number of Topliss-reactive ketones (excluding diaryl/α,β-unsaturated/α-hetero) is 1. The van der Waals surface area contributed by atoms with Crippen LogP contribution in [0.5, 0.6) is 11.5 Å². The highest BCUT2D eigenvalue weighted by Crippen LogP contribution is 2.27.